The summed E-state index contributed by atoms with van der Waals surface area (Å²) in [5.41, 5.74) is 1.75. The van der Waals surface area contributed by atoms with Crippen molar-refractivity contribution in [3.63, 3.8) is 0 Å². The fourth-order valence-corrected chi connectivity index (χ4v) is 3.35. The summed E-state index contributed by atoms with van der Waals surface area (Å²) < 4.78 is 9.70. The van der Waals surface area contributed by atoms with Gasteiger partial charge in [-0.3, -0.25) is 14.4 Å². The largest absolute Gasteiger partial charge is 0.465 e. The smallest absolute Gasteiger partial charge is 0.338 e. The Kier molecular flexibility index (Phi) is 4.86. The summed E-state index contributed by atoms with van der Waals surface area (Å²) in [5.74, 6) is -1.60. The number of hydrogen-bond acceptors (Lipinski definition) is 7. The number of rotatable bonds is 4. The molecule has 0 bridgehead atoms. The van der Waals surface area contributed by atoms with Crippen LogP contribution < -0.4 is 10.2 Å². The summed E-state index contributed by atoms with van der Waals surface area (Å²) in [6.45, 7) is 3.33. The minimum atomic E-state index is -0.591. The van der Waals surface area contributed by atoms with Crippen LogP contribution >= 0.6 is 0 Å². The molecule has 2 heterocycles. The lowest BCUT2D eigenvalue weighted by atomic mass is 10.0. The number of carbonyl (C=O) groups excluding carboxylic acids is 4. The second kappa shape index (κ2) is 7.52. The number of fused-ring (bicyclic) bond motifs is 1. The maximum Gasteiger partial charge on any atom is 0.338 e. The molecule has 0 atom stereocenters. The van der Waals surface area contributed by atoms with E-state index in [4.69, 9.17) is 9.26 Å². The van der Waals surface area contributed by atoms with Gasteiger partial charge < -0.3 is 14.6 Å². The summed E-state index contributed by atoms with van der Waals surface area (Å²) in [6, 6.07) is 10.6. The van der Waals surface area contributed by atoms with Gasteiger partial charge >= 0.3 is 5.97 Å². The molecule has 1 aliphatic heterocycles. The second-order valence-corrected chi connectivity index (χ2v) is 6.93. The first-order chi connectivity index (χ1) is 14.8. The monoisotopic (exact) mass is 419 g/mol. The van der Waals surface area contributed by atoms with Crippen LogP contribution in [-0.4, -0.2) is 36.0 Å². The zero-order chi connectivity index (χ0) is 22.3. The first kappa shape index (κ1) is 20.0. The third kappa shape index (κ3) is 3.35. The maximum absolute atomic E-state index is 12.8. The van der Waals surface area contributed by atoms with E-state index in [0.29, 0.717) is 22.6 Å². The standard InChI is InChI=1S/C22H17N3O6/c1-11-9-18(24-31-11)25-20(27)15-8-7-13(10-16(15)21(25)28)19(26)23-17-6-4-5-14(12(17)2)22(29)30-3/h4-10H,1-3H3,(H,23,26). The highest BCUT2D eigenvalue weighted by Crippen LogP contribution is 2.29. The van der Waals surface area contributed by atoms with E-state index in [9.17, 15) is 19.2 Å². The number of anilines is 2. The molecule has 9 nitrogen and oxygen atoms in total. The van der Waals surface area contributed by atoms with Crippen LogP contribution in [0, 0.1) is 13.8 Å². The lowest BCUT2D eigenvalue weighted by molar-refractivity contribution is 0.0599. The van der Waals surface area contributed by atoms with E-state index in [1.54, 1.807) is 32.0 Å². The molecule has 1 aromatic heterocycles. The van der Waals surface area contributed by atoms with Crippen LogP contribution in [0.25, 0.3) is 0 Å². The van der Waals surface area contributed by atoms with Gasteiger partial charge in [0.05, 0.1) is 23.8 Å². The number of nitrogens with zero attached hydrogens (tertiary/aromatic N) is 2. The van der Waals surface area contributed by atoms with Crippen molar-refractivity contribution in [2.24, 2.45) is 0 Å². The van der Waals surface area contributed by atoms with Crippen LogP contribution in [0.15, 0.2) is 47.0 Å². The molecule has 1 N–H and O–H groups in total. The number of imide groups is 1. The van der Waals surface area contributed by atoms with E-state index in [-0.39, 0.29) is 22.5 Å². The van der Waals surface area contributed by atoms with Gasteiger partial charge in [-0.15, -0.1) is 0 Å². The molecule has 0 unspecified atom stereocenters. The number of amides is 3. The molecule has 3 aromatic rings. The normalized spacial score (nSPS) is 12.7. The number of nitrogens with one attached hydrogen (secondary N) is 1. The Morgan fingerprint density at radius 2 is 1.77 bits per heavy atom. The van der Waals surface area contributed by atoms with Crippen molar-refractivity contribution in [1.82, 2.24) is 5.16 Å². The van der Waals surface area contributed by atoms with Gasteiger partial charge in [-0.1, -0.05) is 11.2 Å². The van der Waals surface area contributed by atoms with Crippen molar-refractivity contribution in [1.29, 1.82) is 0 Å². The molecule has 0 radical (unpaired) electrons. The second-order valence-electron chi connectivity index (χ2n) is 6.93. The molecule has 9 heteroatoms. The molecule has 3 amide bonds. The molecule has 0 saturated heterocycles. The van der Waals surface area contributed by atoms with E-state index in [0.717, 1.165) is 4.90 Å². The Morgan fingerprint density at radius 3 is 2.45 bits per heavy atom. The average Bonchev–Trinajstić information content (AvgIpc) is 3.29. The van der Waals surface area contributed by atoms with Crippen LogP contribution in [-0.2, 0) is 4.74 Å². The number of aromatic nitrogens is 1. The fraction of sp³-hybridized carbons (Fsp3) is 0.136. The summed E-state index contributed by atoms with van der Waals surface area (Å²) in [7, 11) is 1.28. The molecule has 1 aliphatic rings. The van der Waals surface area contributed by atoms with E-state index < -0.39 is 23.7 Å². The lowest BCUT2D eigenvalue weighted by Crippen LogP contribution is -2.29. The summed E-state index contributed by atoms with van der Waals surface area (Å²) in [6.07, 6.45) is 0. The van der Waals surface area contributed by atoms with Gasteiger partial charge in [0.25, 0.3) is 17.7 Å². The first-order valence-electron chi connectivity index (χ1n) is 9.27. The predicted molar refractivity (Wildman–Crippen MR) is 109 cm³/mol. The van der Waals surface area contributed by atoms with Gasteiger partial charge in [-0.2, -0.15) is 0 Å². The van der Waals surface area contributed by atoms with Crippen molar-refractivity contribution in [2.45, 2.75) is 13.8 Å². The number of methoxy groups -OCH3 is 1. The van der Waals surface area contributed by atoms with Gasteiger partial charge in [0.1, 0.15) is 5.76 Å². The molecule has 0 spiro atoms. The topological polar surface area (TPSA) is 119 Å². The van der Waals surface area contributed by atoms with E-state index >= 15 is 0 Å². The fourth-order valence-electron chi connectivity index (χ4n) is 3.35. The Hall–Kier alpha value is -4.27. The van der Waals surface area contributed by atoms with Crippen LogP contribution in [0.2, 0.25) is 0 Å². The molecular weight excluding hydrogens is 402 g/mol. The van der Waals surface area contributed by atoms with Crippen LogP contribution in [0.3, 0.4) is 0 Å². The zero-order valence-corrected chi connectivity index (χ0v) is 16.9. The number of ether oxygens (including phenoxy) is 1. The van der Waals surface area contributed by atoms with Crippen molar-refractivity contribution < 1.29 is 28.4 Å². The summed E-state index contributed by atoms with van der Waals surface area (Å²) in [4.78, 5) is 51.0. The summed E-state index contributed by atoms with van der Waals surface area (Å²) >= 11 is 0. The van der Waals surface area contributed by atoms with Crippen molar-refractivity contribution in [3.8, 4) is 0 Å². The number of benzene rings is 2. The van der Waals surface area contributed by atoms with E-state index in [1.165, 1.54) is 31.4 Å². The molecule has 31 heavy (non-hydrogen) atoms. The average molecular weight is 419 g/mol. The Bertz CT molecular complexity index is 1260. The minimum absolute atomic E-state index is 0.0879. The van der Waals surface area contributed by atoms with Gasteiger partial charge in [0.2, 0.25) is 0 Å². The highest BCUT2D eigenvalue weighted by molar-refractivity contribution is 6.34. The molecule has 2 aromatic carbocycles. The molecule has 0 aliphatic carbocycles. The molecule has 4 rings (SSSR count). The van der Waals surface area contributed by atoms with Crippen molar-refractivity contribution >= 4 is 35.2 Å². The van der Waals surface area contributed by atoms with Gasteiger partial charge in [-0.25, -0.2) is 9.69 Å². The van der Waals surface area contributed by atoms with Crippen molar-refractivity contribution in [2.75, 3.05) is 17.3 Å². The summed E-state index contributed by atoms with van der Waals surface area (Å²) in [5, 5.41) is 6.45. The molecule has 156 valence electrons. The zero-order valence-electron chi connectivity index (χ0n) is 16.9. The van der Waals surface area contributed by atoms with Gasteiger partial charge in [0, 0.05) is 17.3 Å². The number of esters is 1. The minimum Gasteiger partial charge on any atom is -0.465 e. The Morgan fingerprint density at radius 1 is 1.03 bits per heavy atom. The highest BCUT2D eigenvalue weighted by Gasteiger charge is 2.38. The molecular formula is C22H17N3O6. The van der Waals surface area contributed by atoms with Crippen LogP contribution in [0.1, 0.15) is 52.8 Å². The van der Waals surface area contributed by atoms with Gasteiger partial charge in [0.15, 0.2) is 5.82 Å². The Labute approximate surface area is 176 Å². The molecule has 0 saturated carbocycles. The number of aryl methyl sites for hydroxylation is 1. The quantitative estimate of drug-likeness (QED) is 0.510. The highest BCUT2D eigenvalue weighted by atomic mass is 16.5. The third-order valence-electron chi connectivity index (χ3n) is 4.98. The van der Waals surface area contributed by atoms with E-state index in [1.807, 2.05) is 0 Å². The van der Waals surface area contributed by atoms with Crippen molar-refractivity contribution in [3.05, 3.63) is 76.0 Å². The number of carbonyl (C=O) groups is 4. The first-order valence-corrected chi connectivity index (χ1v) is 9.27. The van der Waals surface area contributed by atoms with E-state index in [2.05, 4.69) is 10.5 Å². The van der Waals surface area contributed by atoms with Crippen LogP contribution in [0.4, 0.5) is 11.5 Å². The Balaban J connectivity index is 1.62. The lowest BCUT2D eigenvalue weighted by Gasteiger charge is -2.11. The number of hydrogen-bond donors (Lipinski definition) is 1. The third-order valence-corrected chi connectivity index (χ3v) is 4.98. The van der Waals surface area contributed by atoms with Crippen LogP contribution in [0.5, 0.6) is 0 Å². The van der Waals surface area contributed by atoms with Gasteiger partial charge in [-0.05, 0) is 49.7 Å². The SMILES string of the molecule is COC(=O)c1cccc(NC(=O)c2ccc3c(c2)C(=O)N(c2cc(C)on2)C3=O)c1C. The maximum atomic E-state index is 12.8. The molecule has 0 fully saturated rings. The predicted octanol–water partition coefficient (Wildman–Crippen LogP) is 3.13.